The van der Waals surface area contributed by atoms with Crippen molar-refractivity contribution in [3.63, 3.8) is 0 Å². The number of nitrogens with one attached hydrogen (secondary N) is 2. The van der Waals surface area contributed by atoms with Crippen LogP contribution < -0.4 is 10.6 Å². The SMILES string of the molecule is CCNC(=NCCNC(=O)c1ccccc1)N1CCN(Cc2ccccc2)CC1. The summed E-state index contributed by atoms with van der Waals surface area (Å²) in [6, 6.07) is 19.9. The Hall–Kier alpha value is -2.86. The minimum absolute atomic E-state index is 0.0553. The van der Waals surface area contributed by atoms with E-state index in [-0.39, 0.29) is 5.91 Å². The van der Waals surface area contributed by atoms with E-state index in [1.807, 2.05) is 30.3 Å². The molecule has 0 bridgehead atoms. The van der Waals surface area contributed by atoms with Crippen LogP contribution in [0.2, 0.25) is 0 Å². The van der Waals surface area contributed by atoms with E-state index in [0.29, 0.717) is 18.7 Å². The number of guanidine groups is 1. The Bertz CT molecular complexity index is 770. The van der Waals surface area contributed by atoms with Gasteiger partial charge < -0.3 is 15.5 Å². The number of piperazine rings is 1. The van der Waals surface area contributed by atoms with Gasteiger partial charge in [0, 0.05) is 51.4 Å². The highest BCUT2D eigenvalue weighted by Gasteiger charge is 2.19. The number of carbonyl (C=O) groups is 1. The lowest BCUT2D eigenvalue weighted by atomic mass is 10.2. The van der Waals surface area contributed by atoms with Gasteiger partial charge in [-0.15, -0.1) is 0 Å². The molecule has 0 saturated carbocycles. The van der Waals surface area contributed by atoms with Gasteiger partial charge in [-0.1, -0.05) is 48.5 Å². The summed E-state index contributed by atoms with van der Waals surface area (Å²) in [6.07, 6.45) is 0. The lowest BCUT2D eigenvalue weighted by Gasteiger charge is -2.36. The Kier molecular flexibility index (Phi) is 8.07. The van der Waals surface area contributed by atoms with Gasteiger partial charge >= 0.3 is 0 Å². The Balaban J connectivity index is 1.45. The lowest BCUT2D eigenvalue weighted by molar-refractivity contribution is 0.0954. The molecular weight excluding hydrogens is 362 g/mol. The smallest absolute Gasteiger partial charge is 0.251 e. The topological polar surface area (TPSA) is 60.0 Å². The number of carbonyl (C=O) groups excluding carboxylic acids is 1. The van der Waals surface area contributed by atoms with Crippen LogP contribution in [0.4, 0.5) is 0 Å². The van der Waals surface area contributed by atoms with Crippen molar-refractivity contribution in [2.24, 2.45) is 4.99 Å². The number of amides is 1. The maximum atomic E-state index is 12.1. The molecule has 1 saturated heterocycles. The maximum Gasteiger partial charge on any atom is 0.251 e. The van der Waals surface area contributed by atoms with Crippen molar-refractivity contribution in [2.45, 2.75) is 13.5 Å². The first kappa shape index (κ1) is 20.9. The summed E-state index contributed by atoms with van der Waals surface area (Å²) in [6.45, 7) is 8.94. The number of rotatable bonds is 7. The molecule has 1 aliphatic rings. The minimum Gasteiger partial charge on any atom is -0.357 e. The second kappa shape index (κ2) is 11.2. The number of nitrogens with zero attached hydrogens (tertiary/aromatic N) is 3. The van der Waals surface area contributed by atoms with E-state index >= 15 is 0 Å². The van der Waals surface area contributed by atoms with Gasteiger partial charge in [0.05, 0.1) is 6.54 Å². The summed E-state index contributed by atoms with van der Waals surface area (Å²) in [4.78, 5) is 21.6. The van der Waals surface area contributed by atoms with E-state index in [1.165, 1.54) is 5.56 Å². The Morgan fingerprint density at radius 3 is 2.24 bits per heavy atom. The Morgan fingerprint density at radius 2 is 1.59 bits per heavy atom. The monoisotopic (exact) mass is 393 g/mol. The van der Waals surface area contributed by atoms with E-state index in [9.17, 15) is 4.79 Å². The number of benzene rings is 2. The fourth-order valence-corrected chi connectivity index (χ4v) is 3.41. The van der Waals surface area contributed by atoms with E-state index in [0.717, 1.165) is 45.2 Å². The summed E-state index contributed by atoms with van der Waals surface area (Å²) in [5, 5.41) is 6.31. The standard InChI is InChI=1S/C23H31N5O/c1-2-24-23(26-14-13-25-22(29)21-11-7-4-8-12-21)28-17-15-27(16-18-28)19-20-9-5-3-6-10-20/h3-12H,2,13-19H2,1H3,(H,24,26)(H,25,29). The predicted molar refractivity (Wildman–Crippen MR) is 118 cm³/mol. The first-order valence-electron chi connectivity index (χ1n) is 10.4. The van der Waals surface area contributed by atoms with Gasteiger partial charge in [-0.05, 0) is 24.6 Å². The van der Waals surface area contributed by atoms with Gasteiger partial charge in [0.1, 0.15) is 0 Å². The second-order valence-electron chi connectivity index (χ2n) is 7.11. The van der Waals surface area contributed by atoms with Crippen LogP contribution in [0.5, 0.6) is 0 Å². The molecule has 0 aromatic heterocycles. The zero-order valence-corrected chi connectivity index (χ0v) is 17.2. The molecule has 0 atom stereocenters. The van der Waals surface area contributed by atoms with Crippen molar-refractivity contribution in [1.29, 1.82) is 0 Å². The molecule has 29 heavy (non-hydrogen) atoms. The summed E-state index contributed by atoms with van der Waals surface area (Å²) in [5.41, 5.74) is 2.04. The van der Waals surface area contributed by atoms with E-state index < -0.39 is 0 Å². The summed E-state index contributed by atoms with van der Waals surface area (Å²) in [7, 11) is 0. The van der Waals surface area contributed by atoms with Crippen LogP contribution in [0.15, 0.2) is 65.7 Å². The molecule has 0 radical (unpaired) electrons. The number of aliphatic imine (C=N–C) groups is 1. The van der Waals surface area contributed by atoms with Gasteiger partial charge in [0.2, 0.25) is 0 Å². The summed E-state index contributed by atoms with van der Waals surface area (Å²) in [5.74, 6) is 0.876. The fraction of sp³-hybridized carbons (Fsp3) is 0.391. The summed E-state index contributed by atoms with van der Waals surface area (Å²) >= 11 is 0. The van der Waals surface area contributed by atoms with Gasteiger partial charge in [-0.2, -0.15) is 0 Å². The van der Waals surface area contributed by atoms with Crippen molar-refractivity contribution in [1.82, 2.24) is 20.4 Å². The molecular formula is C23H31N5O. The third kappa shape index (κ3) is 6.61. The van der Waals surface area contributed by atoms with E-state index in [2.05, 4.69) is 57.7 Å². The Morgan fingerprint density at radius 1 is 0.931 bits per heavy atom. The first-order valence-corrected chi connectivity index (χ1v) is 10.4. The van der Waals surface area contributed by atoms with Gasteiger partial charge in [0.15, 0.2) is 5.96 Å². The van der Waals surface area contributed by atoms with Crippen molar-refractivity contribution in [3.8, 4) is 0 Å². The molecule has 1 amide bonds. The van der Waals surface area contributed by atoms with Crippen molar-refractivity contribution >= 4 is 11.9 Å². The molecule has 2 N–H and O–H groups in total. The molecule has 3 rings (SSSR count). The number of hydrogen-bond donors (Lipinski definition) is 2. The van der Waals surface area contributed by atoms with Crippen molar-refractivity contribution in [3.05, 3.63) is 71.8 Å². The van der Waals surface area contributed by atoms with Crippen LogP contribution in [-0.4, -0.2) is 67.5 Å². The zero-order valence-electron chi connectivity index (χ0n) is 17.2. The molecule has 0 spiro atoms. The highest BCUT2D eigenvalue weighted by molar-refractivity contribution is 5.94. The van der Waals surface area contributed by atoms with E-state index in [1.54, 1.807) is 0 Å². The van der Waals surface area contributed by atoms with Crippen molar-refractivity contribution < 1.29 is 4.79 Å². The highest BCUT2D eigenvalue weighted by Crippen LogP contribution is 2.08. The largest absolute Gasteiger partial charge is 0.357 e. The third-order valence-corrected chi connectivity index (χ3v) is 4.95. The second-order valence-corrected chi connectivity index (χ2v) is 7.11. The molecule has 1 fully saturated rings. The molecule has 154 valence electrons. The fourth-order valence-electron chi connectivity index (χ4n) is 3.41. The van der Waals surface area contributed by atoms with Crippen LogP contribution in [-0.2, 0) is 6.54 Å². The third-order valence-electron chi connectivity index (χ3n) is 4.95. The minimum atomic E-state index is -0.0553. The molecule has 6 nitrogen and oxygen atoms in total. The molecule has 2 aromatic carbocycles. The van der Waals surface area contributed by atoms with Crippen LogP contribution in [0.1, 0.15) is 22.8 Å². The van der Waals surface area contributed by atoms with Crippen molar-refractivity contribution in [2.75, 3.05) is 45.8 Å². The lowest BCUT2D eigenvalue weighted by Crippen LogP contribution is -2.52. The molecule has 0 aliphatic carbocycles. The highest BCUT2D eigenvalue weighted by atomic mass is 16.1. The molecule has 6 heteroatoms. The predicted octanol–water partition coefficient (Wildman–Crippen LogP) is 2.20. The van der Waals surface area contributed by atoms with Gasteiger partial charge in [-0.3, -0.25) is 14.7 Å². The molecule has 1 aliphatic heterocycles. The van der Waals surface area contributed by atoms with Crippen LogP contribution in [0.3, 0.4) is 0 Å². The molecule has 0 unspecified atom stereocenters. The van der Waals surface area contributed by atoms with Gasteiger partial charge in [-0.25, -0.2) is 0 Å². The normalized spacial score (nSPS) is 15.2. The van der Waals surface area contributed by atoms with E-state index in [4.69, 9.17) is 4.99 Å². The average molecular weight is 394 g/mol. The number of hydrogen-bond acceptors (Lipinski definition) is 3. The molecule has 2 aromatic rings. The summed E-state index contributed by atoms with van der Waals surface area (Å²) < 4.78 is 0. The van der Waals surface area contributed by atoms with Gasteiger partial charge in [0.25, 0.3) is 5.91 Å². The first-order chi connectivity index (χ1) is 14.3. The average Bonchev–Trinajstić information content (AvgIpc) is 2.78. The van der Waals surface area contributed by atoms with Crippen LogP contribution >= 0.6 is 0 Å². The van der Waals surface area contributed by atoms with Crippen LogP contribution in [0.25, 0.3) is 0 Å². The quantitative estimate of drug-likeness (QED) is 0.430. The molecule has 1 heterocycles. The zero-order chi connectivity index (χ0) is 20.3. The maximum absolute atomic E-state index is 12.1. The Labute approximate surface area is 173 Å². The van der Waals surface area contributed by atoms with Crippen LogP contribution in [0, 0.1) is 0 Å².